The van der Waals surface area contributed by atoms with Gasteiger partial charge in [-0.3, -0.25) is 29.4 Å². The molecule has 5 rings (SSSR count). The van der Waals surface area contributed by atoms with Crippen molar-refractivity contribution in [3.8, 4) is 0 Å². The molecule has 1 aromatic carbocycles. The number of aldehydes is 1. The molecular formula is C30H39N7O4. The molecule has 1 aromatic heterocycles. The highest BCUT2D eigenvalue weighted by Crippen LogP contribution is 2.20. The number of aromatic nitrogens is 1. The number of hydrogen-bond donors (Lipinski definition) is 3. The number of benzene rings is 1. The second-order valence-electron chi connectivity index (χ2n) is 11.0. The third kappa shape index (κ3) is 7.47. The fraction of sp³-hybridized carbons (Fsp3) is 0.500. The van der Waals surface area contributed by atoms with Crippen molar-refractivity contribution in [3.63, 3.8) is 0 Å². The number of rotatable bonds is 10. The van der Waals surface area contributed by atoms with Crippen molar-refractivity contribution < 1.29 is 19.2 Å². The number of pyridine rings is 1. The Balaban J connectivity index is 1.04. The van der Waals surface area contributed by atoms with Gasteiger partial charge in [-0.2, -0.15) is 0 Å². The number of hydrogen-bond acceptors (Lipinski definition) is 9. The van der Waals surface area contributed by atoms with Gasteiger partial charge in [0.05, 0.1) is 0 Å². The third-order valence-corrected chi connectivity index (χ3v) is 8.23. The Hall–Kier alpha value is -3.83. The maximum Gasteiger partial charge on any atom is 0.252 e. The first kappa shape index (κ1) is 28.7. The van der Waals surface area contributed by atoms with E-state index in [9.17, 15) is 19.2 Å². The molecule has 0 spiro atoms. The molecule has 3 saturated heterocycles. The van der Waals surface area contributed by atoms with Crippen LogP contribution in [0.3, 0.4) is 0 Å². The largest absolute Gasteiger partial charge is 0.385 e. The second kappa shape index (κ2) is 13.7. The lowest BCUT2D eigenvalue weighted by Gasteiger charge is -2.43. The van der Waals surface area contributed by atoms with Crippen molar-refractivity contribution >= 4 is 35.5 Å². The molecule has 2 aromatic rings. The summed E-state index contributed by atoms with van der Waals surface area (Å²) >= 11 is 0. The minimum atomic E-state index is -0.789. The van der Waals surface area contributed by atoms with Crippen molar-refractivity contribution in [1.82, 2.24) is 25.4 Å². The zero-order valence-corrected chi connectivity index (χ0v) is 23.4. The minimum absolute atomic E-state index is 0.168. The molecule has 3 N–H and O–H groups in total. The normalized spacial score (nSPS) is 22.2. The van der Waals surface area contributed by atoms with E-state index in [1.807, 2.05) is 18.3 Å². The van der Waals surface area contributed by atoms with Crippen LogP contribution in [0.2, 0.25) is 0 Å². The second-order valence-corrected chi connectivity index (χ2v) is 11.0. The van der Waals surface area contributed by atoms with E-state index >= 15 is 0 Å². The van der Waals surface area contributed by atoms with Crippen LogP contribution < -0.4 is 20.9 Å². The predicted octanol–water partition coefficient (Wildman–Crippen LogP) is 1.52. The lowest BCUT2D eigenvalue weighted by molar-refractivity contribution is -0.134. The van der Waals surface area contributed by atoms with Gasteiger partial charge >= 0.3 is 0 Å². The van der Waals surface area contributed by atoms with E-state index in [0.717, 1.165) is 70.3 Å². The predicted molar refractivity (Wildman–Crippen MR) is 156 cm³/mol. The molecule has 0 aliphatic carbocycles. The lowest BCUT2D eigenvalue weighted by Crippen LogP contribution is -2.55. The van der Waals surface area contributed by atoms with E-state index < -0.39 is 17.9 Å². The average molecular weight is 562 g/mol. The molecule has 2 atom stereocenters. The van der Waals surface area contributed by atoms with Crippen LogP contribution in [-0.4, -0.2) is 103 Å². The first-order valence-corrected chi connectivity index (χ1v) is 14.6. The molecule has 3 fully saturated rings. The molecule has 3 aliphatic heterocycles. The first-order chi connectivity index (χ1) is 20.0. The van der Waals surface area contributed by atoms with Gasteiger partial charge in [-0.05, 0) is 69.1 Å². The number of nitrogens with one attached hydrogen (secondary N) is 3. The summed E-state index contributed by atoms with van der Waals surface area (Å²) < 4.78 is 0. The molecule has 3 aliphatic rings. The lowest BCUT2D eigenvalue weighted by atomic mass is 10.0. The van der Waals surface area contributed by atoms with Crippen molar-refractivity contribution in [2.24, 2.45) is 0 Å². The van der Waals surface area contributed by atoms with Crippen molar-refractivity contribution in [2.75, 3.05) is 62.6 Å². The van der Waals surface area contributed by atoms with Crippen LogP contribution in [0.5, 0.6) is 0 Å². The number of piperidine rings is 2. The van der Waals surface area contributed by atoms with E-state index in [1.165, 1.54) is 12.8 Å². The topological polar surface area (TPSA) is 127 Å². The maximum absolute atomic E-state index is 12.7. The first-order valence-electron chi connectivity index (χ1n) is 14.6. The summed E-state index contributed by atoms with van der Waals surface area (Å²) in [6.07, 6.45) is 6.34. The number of piperazine rings is 1. The van der Waals surface area contributed by atoms with Gasteiger partial charge in [0.2, 0.25) is 11.8 Å². The Morgan fingerprint density at radius 2 is 1.93 bits per heavy atom. The summed E-state index contributed by atoms with van der Waals surface area (Å²) in [7, 11) is 0. The minimum Gasteiger partial charge on any atom is -0.385 e. The van der Waals surface area contributed by atoms with Crippen molar-refractivity contribution in [2.45, 2.75) is 44.2 Å². The monoisotopic (exact) mass is 561 g/mol. The molecule has 218 valence electrons. The van der Waals surface area contributed by atoms with Crippen LogP contribution in [0, 0.1) is 0 Å². The highest BCUT2D eigenvalue weighted by molar-refractivity contribution is 6.06. The van der Waals surface area contributed by atoms with Gasteiger partial charge in [-0.15, -0.1) is 0 Å². The zero-order chi connectivity index (χ0) is 28.6. The van der Waals surface area contributed by atoms with Crippen molar-refractivity contribution in [3.05, 3.63) is 53.7 Å². The van der Waals surface area contributed by atoms with Gasteiger partial charge in [-0.1, -0.05) is 6.07 Å². The van der Waals surface area contributed by atoms with Gasteiger partial charge in [-0.25, -0.2) is 4.98 Å². The molecule has 11 heteroatoms. The fourth-order valence-electron chi connectivity index (χ4n) is 5.97. The van der Waals surface area contributed by atoms with Gasteiger partial charge < -0.3 is 20.4 Å². The number of carbonyl (C=O) groups excluding carboxylic acids is 4. The molecule has 11 nitrogen and oxygen atoms in total. The number of imide groups is 1. The summed E-state index contributed by atoms with van der Waals surface area (Å²) in [5.74, 6) is -0.315. The number of likely N-dealkylation sites (tertiary alicyclic amines) is 1. The summed E-state index contributed by atoms with van der Waals surface area (Å²) in [5.41, 5.74) is 1.23. The molecule has 41 heavy (non-hydrogen) atoms. The molecule has 4 heterocycles. The van der Waals surface area contributed by atoms with Crippen LogP contribution in [-0.2, 0) is 9.59 Å². The smallest absolute Gasteiger partial charge is 0.252 e. The summed E-state index contributed by atoms with van der Waals surface area (Å²) in [6.45, 7) is 8.13. The van der Waals surface area contributed by atoms with Crippen LogP contribution in [0.4, 0.5) is 11.5 Å². The molecule has 2 unspecified atom stereocenters. The fourth-order valence-corrected chi connectivity index (χ4v) is 5.97. The molecular weight excluding hydrogens is 522 g/mol. The molecule has 0 saturated carbocycles. The Labute approximate surface area is 240 Å². The quantitative estimate of drug-likeness (QED) is 0.225. The highest BCUT2D eigenvalue weighted by Gasteiger charge is 2.29. The molecule has 0 bridgehead atoms. The van der Waals surface area contributed by atoms with E-state index in [1.54, 1.807) is 18.2 Å². The van der Waals surface area contributed by atoms with Crippen LogP contribution in [0.25, 0.3) is 0 Å². The van der Waals surface area contributed by atoms with Gasteiger partial charge in [0.25, 0.3) is 5.91 Å². The van der Waals surface area contributed by atoms with Gasteiger partial charge in [0, 0.05) is 74.7 Å². The standard InChI is InChI=1S/C30H39N7O4/c38-21-22-19-23(7-8-25(22)29(40)33-26-9-10-28(39)34-30(26)41)31-12-4-14-35-13-3-5-24(20-35)36-15-17-37(18-16-36)27-6-1-2-11-32-27/h1-2,6-8,11,19,21,24,26,31H,3-5,9-10,12-18,20H2,(H,33,40)(H,34,39,41). The van der Waals surface area contributed by atoms with Crippen LogP contribution >= 0.6 is 0 Å². The van der Waals surface area contributed by atoms with Crippen LogP contribution in [0.1, 0.15) is 52.8 Å². The van der Waals surface area contributed by atoms with Crippen molar-refractivity contribution in [1.29, 1.82) is 0 Å². The highest BCUT2D eigenvalue weighted by atomic mass is 16.2. The summed E-state index contributed by atoms with van der Waals surface area (Å²) in [6, 6.07) is 10.9. The summed E-state index contributed by atoms with van der Waals surface area (Å²) in [4.78, 5) is 59.8. The maximum atomic E-state index is 12.7. The van der Waals surface area contributed by atoms with E-state index in [-0.39, 0.29) is 29.9 Å². The Morgan fingerprint density at radius 1 is 1.07 bits per heavy atom. The molecule has 0 radical (unpaired) electrons. The van der Waals surface area contributed by atoms with E-state index in [2.05, 4.69) is 41.7 Å². The number of anilines is 2. The number of carbonyl (C=O) groups is 4. The van der Waals surface area contributed by atoms with E-state index in [4.69, 9.17) is 0 Å². The number of amides is 3. The Morgan fingerprint density at radius 3 is 2.68 bits per heavy atom. The Kier molecular flexibility index (Phi) is 9.58. The SMILES string of the molecule is O=Cc1cc(NCCCN2CCCC(N3CCN(c4ccccn4)CC3)C2)ccc1C(=O)NC1CCC(=O)NC1=O. The van der Waals surface area contributed by atoms with Gasteiger partial charge in [0.15, 0.2) is 6.29 Å². The summed E-state index contributed by atoms with van der Waals surface area (Å²) in [5, 5.41) is 8.22. The average Bonchev–Trinajstić information content (AvgIpc) is 3.01. The van der Waals surface area contributed by atoms with Gasteiger partial charge in [0.1, 0.15) is 11.9 Å². The zero-order valence-electron chi connectivity index (χ0n) is 23.4. The third-order valence-electron chi connectivity index (χ3n) is 8.23. The van der Waals surface area contributed by atoms with Crippen LogP contribution in [0.15, 0.2) is 42.6 Å². The molecule has 3 amide bonds. The van der Waals surface area contributed by atoms with E-state index in [0.29, 0.717) is 12.3 Å². The number of nitrogens with zero attached hydrogens (tertiary/aromatic N) is 4. The Bertz CT molecular complexity index is 1230.